The molecule has 1 aliphatic heterocycles. The molecule has 1 aliphatic carbocycles. The third-order valence-electron chi connectivity index (χ3n) is 8.30. The first-order chi connectivity index (χ1) is 19.9. The van der Waals surface area contributed by atoms with Gasteiger partial charge in [-0.25, -0.2) is 0 Å². The molecule has 6 heteroatoms. The zero-order valence-corrected chi connectivity index (χ0v) is 25.3. The van der Waals surface area contributed by atoms with Crippen LogP contribution in [0, 0.1) is 13.8 Å². The van der Waals surface area contributed by atoms with Crippen LogP contribution in [0.3, 0.4) is 0 Å². The fourth-order valence-electron chi connectivity index (χ4n) is 5.91. The van der Waals surface area contributed by atoms with E-state index < -0.39 is 0 Å². The Balaban J connectivity index is 1.25. The lowest BCUT2D eigenvalue weighted by atomic mass is 9.92. The molecule has 0 aromatic heterocycles. The van der Waals surface area contributed by atoms with Gasteiger partial charge in [-0.3, -0.25) is 9.59 Å². The van der Waals surface area contributed by atoms with Crippen LogP contribution >= 0.6 is 11.8 Å². The van der Waals surface area contributed by atoms with Crippen LogP contribution in [-0.4, -0.2) is 47.6 Å². The number of amides is 2. The lowest BCUT2D eigenvalue weighted by molar-refractivity contribution is -0.130. The summed E-state index contributed by atoms with van der Waals surface area (Å²) >= 11 is 1.75. The number of carbonyl (C=O) groups excluding carboxylic acids is 2. The van der Waals surface area contributed by atoms with E-state index in [0.717, 1.165) is 42.1 Å². The largest absolute Gasteiger partial charge is 0.370 e. The molecule has 1 saturated heterocycles. The minimum Gasteiger partial charge on any atom is -0.370 e. The molecular formula is C35H41N3O2S. The molecule has 3 aromatic carbocycles. The van der Waals surface area contributed by atoms with E-state index in [1.165, 1.54) is 29.5 Å². The second-order valence-electron chi connectivity index (χ2n) is 11.2. The van der Waals surface area contributed by atoms with Crippen LogP contribution in [0.2, 0.25) is 0 Å². The number of nitrogens with zero attached hydrogens (tertiary/aromatic N) is 2. The van der Waals surface area contributed by atoms with Crippen molar-refractivity contribution in [3.05, 3.63) is 106 Å². The van der Waals surface area contributed by atoms with Crippen molar-refractivity contribution < 1.29 is 9.59 Å². The minimum absolute atomic E-state index is 0.0822. The van der Waals surface area contributed by atoms with E-state index in [-0.39, 0.29) is 17.9 Å². The summed E-state index contributed by atoms with van der Waals surface area (Å²) in [5.41, 5.74) is 6.42. The Morgan fingerprint density at radius 3 is 2.54 bits per heavy atom. The number of para-hydroxylation sites is 1. The average molecular weight is 568 g/mol. The first-order valence-electron chi connectivity index (χ1n) is 14.9. The fourth-order valence-corrected chi connectivity index (χ4v) is 7.39. The van der Waals surface area contributed by atoms with Crippen LogP contribution in [0.15, 0.2) is 77.7 Å². The van der Waals surface area contributed by atoms with E-state index in [9.17, 15) is 9.59 Å². The molecule has 0 spiro atoms. The molecule has 5 nitrogen and oxygen atoms in total. The Morgan fingerprint density at radius 2 is 1.78 bits per heavy atom. The van der Waals surface area contributed by atoms with E-state index in [1.54, 1.807) is 11.8 Å². The molecule has 214 valence electrons. The molecule has 0 radical (unpaired) electrons. The highest BCUT2D eigenvalue weighted by molar-refractivity contribution is 8.04. The van der Waals surface area contributed by atoms with Crippen molar-refractivity contribution in [2.24, 2.45) is 0 Å². The normalized spacial score (nSPS) is 19.6. The third kappa shape index (κ3) is 7.05. The Hall–Kier alpha value is -3.51. The minimum atomic E-state index is -0.0822. The molecule has 5 rings (SSSR count). The topological polar surface area (TPSA) is 52.7 Å². The zero-order valence-electron chi connectivity index (χ0n) is 24.4. The maximum atomic E-state index is 13.8. The van der Waals surface area contributed by atoms with Crippen molar-refractivity contribution >= 4 is 35.3 Å². The van der Waals surface area contributed by atoms with Gasteiger partial charge in [-0.1, -0.05) is 66.9 Å². The molecule has 1 heterocycles. The van der Waals surface area contributed by atoms with Crippen molar-refractivity contribution in [3.63, 3.8) is 0 Å². The number of thioether (sulfide) groups is 1. The van der Waals surface area contributed by atoms with Crippen molar-refractivity contribution in [1.82, 2.24) is 10.2 Å². The number of hydrogen-bond acceptors (Lipinski definition) is 4. The van der Waals surface area contributed by atoms with Gasteiger partial charge in [0.1, 0.15) is 0 Å². The average Bonchev–Trinajstić information content (AvgIpc) is 3.00. The first-order valence-corrected chi connectivity index (χ1v) is 15.7. The van der Waals surface area contributed by atoms with Gasteiger partial charge < -0.3 is 15.1 Å². The van der Waals surface area contributed by atoms with Crippen LogP contribution in [0.5, 0.6) is 0 Å². The van der Waals surface area contributed by atoms with Crippen LogP contribution in [0.25, 0.3) is 6.08 Å². The number of benzene rings is 3. The highest BCUT2D eigenvalue weighted by Gasteiger charge is 2.40. The monoisotopic (exact) mass is 567 g/mol. The van der Waals surface area contributed by atoms with Crippen molar-refractivity contribution in [1.29, 1.82) is 0 Å². The van der Waals surface area contributed by atoms with E-state index in [0.29, 0.717) is 23.9 Å². The van der Waals surface area contributed by atoms with Gasteiger partial charge >= 0.3 is 0 Å². The Morgan fingerprint density at radius 1 is 1.02 bits per heavy atom. The maximum absolute atomic E-state index is 13.8. The summed E-state index contributed by atoms with van der Waals surface area (Å²) in [7, 11) is 0. The predicted molar refractivity (Wildman–Crippen MR) is 171 cm³/mol. The van der Waals surface area contributed by atoms with Crippen LogP contribution < -0.4 is 10.2 Å². The van der Waals surface area contributed by atoms with Gasteiger partial charge in [0.05, 0.1) is 4.91 Å². The number of rotatable bonds is 9. The number of hydrogen-bond donors (Lipinski definition) is 1. The lowest BCUT2D eigenvalue weighted by Gasteiger charge is -2.44. The molecule has 2 atom stereocenters. The summed E-state index contributed by atoms with van der Waals surface area (Å²) in [5.74, 6) is 0.0425. The zero-order chi connectivity index (χ0) is 28.8. The second-order valence-corrected chi connectivity index (χ2v) is 12.5. The summed E-state index contributed by atoms with van der Waals surface area (Å²) in [6.07, 6.45) is 6.63. The smallest absolute Gasteiger partial charge is 0.260 e. The predicted octanol–water partition coefficient (Wildman–Crippen LogP) is 6.99. The summed E-state index contributed by atoms with van der Waals surface area (Å²) in [6, 6.07) is 24.6. The number of anilines is 1. The van der Waals surface area contributed by atoms with E-state index in [1.807, 2.05) is 48.5 Å². The van der Waals surface area contributed by atoms with Crippen molar-refractivity contribution in [2.45, 2.75) is 64.3 Å². The number of likely N-dealkylation sites (N-methyl/N-ethyl adjacent to an activating group) is 1. The molecule has 1 saturated carbocycles. The molecular weight excluding hydrogens is 526 g/mol. The van der Waals surface area contributed by atoms with Gasteiger partial charge in [0.2, 0.25) is 0 Å². The Labute approximate surface area is 249 Å². The van der Waals surface area contributed by atoms with E-state index in [2.05, 4.69) is 66.2 Å². The molecule has 2 fully saturated rings. The van der Waals surface area contributed by atoms with Gasteiger partial charge in [0.25, 0.3) is 11.8 Å². The highest BCUT2D eigenvalue weighted by Crippen LogP contribution is 2.43. The summed E-state index contributed by atoms with van der Waals surface area (Å²) in [6.45, 7) is 9.21. The maximum Gasteiger partial charge on any atom is 0.260 e. The molecule has 2 aliphatic rings. The van der Waals surface area contributed by atoms with Gasteiger partial charge in [-0.15, -0.1) is 11.8 Å². The Kier molecular flexibility index (Phi) is 9.50. The second kappa shape index (κ2) is 13.4. The number of fused-ring (bicyclic) bond motifs is 1. The van der Waals surface area contributed by atoms with Gasteiger partial charge in [0.15, 0.2) is 0 Å². The third-order valence-corrected chi connectivity index (χ3v) is 9.70. The molecule has 3 aromatic rings. The van der Waals surface area contributed by atoms with Crippen molar-refractivity contribution in [2.75, 3.05) is 24.5 Å². The number of aryl methyl sites for hydroxylation is 2. The quantitative estimate of drug-likeness (QED) is 0.283. The lowest BCUT2D eigenvalue weighted by Crippen LogP contribution is -2.50. The molecule has 0 bridgehead atoms. The highest BCUT2D eigenvalue weighted by atomic mass is 32.2. The standard InChI is InChI=1S/C35H41N3O2S/c1-4-37(30-10-6-5-7-11-30)21-20-36-34(39)28-18-16-27(17-19-28)23-33-35(40)38(31-12-8-9-13-32(31)41-33)24-29-22-25(2)14-15-26(29)3/h5-7,10-11,14-19,22-23,31-32H,4,8-9,12-13,20-21,24H2,1-3H3,(H,36,39)/b33-23-. The Bertz CT molecular complexity index is 1390. The van der Waals surface area contributed by atoms with Gasteiger partial charge in [-0.2, -0.15) is 0 Å². The molecule has 1 N–H and O–H groups in total. The summed E-state index contributed by atoms with van der Waals surface area (Å²) in [4.78, 5) is 31.8. The van der Waals surface area contributed by atoms with Gasteiger partial charge in [-0.05, 0) is 80.6 Å². The first kappa shape index (κ1) is 29.0. The van der Waals surface area contributed by atoms with Crippen LogP contribution in [-0.2, 0) is 11.3 Å². The SMILES string of the molecule is CCN(CCNC(=O)c1ccc(/C=C2\SC3CCCCC3N(Cc3cc(C)ccc3C)C2=O)cc1)c1ccccc1. The van der Waals surface area contributed by atoms with Crippen LogP contribution in [0.4, 0.5) is 5.69 Å². The van der Waals surface area contributed by atoms with Crippen molar-refractivity contribution in [3.8, 4) is 0 Å². The fraction of sp³-hybridized carbons (Fsp3) is 0.371. The number of carbonyl (C=O) groups is 2. The van der Waals surface area contributed by atoms with E-state index >= 15 is 0 Å². The number of nitrogens with one attached hydrogen (secondary N) is 1. The van der Waals surface area contributed by atoms with Gasteiger partial charge in [0, 0.05) is 48.7 Å². The molecule has 2 amide bonds. The molecule has 2 unspecified atom stereocenters. The molecule has 41 heavy (non-hydrogen) atoms. The van der Waals surface area contributed by atoms with Crippen LogP contribution in [0.1, 0.15) is 65.2 Å². The summed E-state index contributed by atoms with van der Waals surface area (Å²) in [5, 5.41) is 3.48. The van der Waals surface area contributed by atoms with E-state index in [4.69, 9.17) is 0 Å². The summed E-state index contributed by atoms with van der Waals surface area (Å²) < 4.78 is 0.